The minimum Gasteiger partial charge on any atom is -0.285 e. The maximum atomic E-state index is 10.9. The SMILES string of the molecule is Cc1ccc2cc3c(ccc4ccccc43)c3c2c1CC3.O=C1CCN(c2ccccc2)N1. The van der Waals surface area contributed by atoms with Crippen LogP contribution < -0.4 is 10.4 Å². The zero-order valence-corrected chi connectivity index (χ0v) is 18.8. The molecule has 3 nitrogen and oxygen atoms in total. The van der Waals surface area contributed by atoms with E-state index in [1.807, 2.05) is 35.3 Å². The Hall–Kier alpha value is -3.85. The van der Waals surface area contributed by atoms with Crippen LogP contribution in [0.4, 0.5) is 5.69 Å². The van der Waals surface area contributed by atoms with Gasteiger partial charge in [-0.1, -0.05) is 66.7 Å². The Bertz CT molecular complexity index is 1520. The molecule has 1 aliphatic heterocycles. The van der Waals surface area contributed by atoms with Gasteiger partial charge in [0.05, 0.1) is 5.69 Å². The van der Waals surface area contributed by atoms with Crippen molar-refractivity contribution in [2.45, 2.75) is 26.2 Å². The average molecular weight is 431 g/mol. The highest BCUT2D eigenvalue weighted by molar-refractivity contribution is 6.15. The normalized spacial score (nSPS) is 14.6. The molecule has 1 fully saturated rings. The number of rotatable bonds is 1. The van der Waals surface area contributed by atoms with E-state index in [0.29, 0.717) is 6.42 Å². The number of nitrogens with zero attached hydrogens (tertiary/aromatic N) is 1. The Kier molecular flexibility index (Phi) is 4.76. The van der Waals surface area contributed by atoms with Gasteiger partial charge >= 0.3 is 0 Å². The lowest BCUT2D eigenvalue weighted by Gasteiger charge is -2.16. The third-order valence-electron chi connectivity index (χ3n) is 6.99. The molecule has 1 amide bonds. The van der Waals surface area contributed by atoms with Gasteiger partial charge in [0.15, 0.2) is 0 Å². The molecular weight excluding hydrogens is 404 g/mol. The molecule has 0 spiro atoms. The van der Waals surface area contributed by atoms with E-state index in [-0.39, 0.29) is 5.91 Å². The second-order valence-corrected chi connectivity index (χ2v) is 8.97. The predicted octanol–water partition coefficient (Wildman–Crippen LogP) is 6.48. The van der Waals surface area contributed by atoms with Gasteiger partial charge in [0.2, 0.25) is 5.91 Å². The Morgan fingerprint density at radius 2 is 1.45 bits per heavy atom. The van der Waals surface area contributed by atoms with Crippen LogP contribution in [-0.2, 0) is 17.6 Å². The zero-order valence-electron chi connectivity index (χ0n) is 18.8. The van der Waals surface area contributed by atoms with E-state index >= 15 is 0 Å². The smallest absolute Gasteiger partial charge is 0.240 e. The van der Waals surface area contributed by atoms with E-state index in [9.17, 15) is 4.79 Å². The van der Waals surface area contributed by atoms with Gasteiger partial charge in [-0.25, -0.2) is 0 Å². The number of para-hydroxylation sites is 1. The van der Waals surface area contributed by atoms with Crippen molar-refractivity contribution in [2.75, 3.05) is 11.6 Å². The highest BCUT2D eigenvalue weighted by Crippen LogP contribution is 2.40. The number of hydrazine groups is 1. The summed E-state index contributed by atoms with van der Waals surface area (Å²) < 4.78 is 0. The van der Waals surface area contributed by atoms with Crippen molar-refractivity contribution in [3.8, 4) is 0 Å². The van der Waals surface area contributed by atoms with Crippen LogP contribution in [0.2, 0.25) is 0 Å². The quantitative estimate of drug-likeness (QED) is 0.244. The summed E-state index contributed by atoms with van der Waals surface area (Å²) in [5.41, 5.74) is 8.38. The second-order valence-electron chi connectivity index (χ2n) is 8.97. The summed E-state index contributed by atoms with van der Waals surface area (Å²) in [4.78, 5) is 10.9. The van der Waals surface area contributed by atoms with Crippen molar-refractivity contribution in [3.05, 3.63) is 102 Å². The van der Waals surface area contributed by atoms with Gasteiger partial charge in [-0.15, -0.1) is 0 Å². The summed E-state index contributed by atoms with van der Waals surface area (Å²) >= 11 is 0. The van der Waals surface area contributed by atoms with Gasteiger partial charge in [0.1, 0.15) is 0 Å². The van der Waals surface area contributed by atoms with Crippen LogP contribution in [0.1, 0.15) is 23.1 Å². The monoisotopic (exact) mass is 430 g/mol. The molecule has 1 heterocycles. The van der Waals surface area contributed by atoms with E-state index in [1.165, 1.54) is 50.7 Å². The van der Waals surface area contributed by atoms with Crippen LogP contribution >= 0.6 is 0 Å². The van der Waals surface area contributed by atoms with Crippen molar-refractivity contribution in [2.24, 2.45) is 0 Å². The van der Waals surface area contributed by atoms with Crippen LogP contribution in [-0.4, -0.2) is 12.5 Å². The van der Waals surface area contributed by atoms with Gasteiger partial charge in [-0.3, -0.25) is 15.2 Å². The molecule has 1 N–H and O–H groups in total. The van der Waals surface area contributed by atoms with E-state index in [0.717, 1.165) is 12.2 Å². The van der Waals surface area contributed by atoms with Crippen molar-refractivity contribution in [1.29, 1.82) is 0 Å². The van der Waals surface area contributed by atoms with Crippen molar-refractivity contribution >= 4 is 43.9 Å². The third kappa shape index (κ3) is 3.41. The average Bonchev–Trinajstić information content (AvgIpc) is 3.50. The Balaban J connectivity index is 0.000000147. The van der Waals surface area contributed by atoms with Crippen LogP contribution in [0.25, 0.3) is 32.3 Å². The second kappa shape index (κ2) is 7.93. The van der Waals surface area contributed by atoms with Gasteiger partial charge in [0.25, 0.3) is 0 Å². The summed E-state index contributed by atoms with van der Waals surface area (Å²) in [6.07, 6.45) is 2.98. The van der Waals surface area contributed by atoms with E-state index in [2.05, 4.69) is 66.9 Å². The molecule has 5 aromatic carbocycles. The maximum absolute atomic E-state index is 10.9. The topological polar surface area (TPSA) is 32.3 Å². The number of hydrogen-bond donors (Lipinski definition) is 1. The van der Waals surface area contributed by atoms with E-state index in [1.54, 1.807) is 11.1 Å². The summed E-state index contributed by atoms with van der Waals surface area (Å²) in [5.74, 6) is 0.0962. The van der Waals surface area contributed by atoms with E-state index < -0.39 is 0 Å². The molecule has 162 valence electrons. The molecular formula is C30H26N2O. The molecule has 7 rings (SSSR count). The number of amides is 1. The fraction of sp³-hybridized carbons (Fsp3) is 0.167. The van der Waals surface area contributed by atoms with Gasteiger partial charge in [0, 0.05) is 13.0 Å². The summed E-state index contributed by atoms with van der Waals surface area (Å²) in [7, 11) is 0. The first-order chi connectivity index (χ1) is 16.2. The standard InChI is InChI=1S/C21H16.C9H10N2O/c1-13-6-7-15-12-20-17-5-3-2-4-14(17)8-9-18(20)19-11-10-16(13)21(15)19;12-9-6-7-11(10-9)8-4-2-1-3-5-8/h2-9,12H,10-11H2,1H3;1-5H,6-7H2,(H,10,12). The van der Waals surface area contributed by atoms with Crippen LogP contribution in [0.3, 0.4) is 0 Å². The summed E-state index contributed by atoms with van der Waals surface area (Å²) in [6.45, 7) is 3.01. The number of nitrogens with one attached hydrogen (secondary N) is 1. The van der Waals surface area contributed by atoms with E-state index in [4.69, 9.17) is 0 Å². The third-order valence-corrected chi connectivity index (χ3v) is 6.99. The molecule has 0 unspecified atom stereocenters. The number of fused-ring (bicyclic) bond motifs is 4. The Labute approximate surface area is 193 Å². The number of aryl methyl sites for hydroxylation is 3. The molecule has 0 bridgehead atoms. The molecule has 1 saturated heterocycles. The zero-order chi connectivity index (χ0) is 22.4. The molecule has 0 atom stereocenters. The van der Waals surface area contributed by atoms with Crippen molar-refractivity contribution in [1.82, 2.24) is 5.43 Å². The number of carbonyl (C=O) groups excluding carboxylic acids is 1. The molecule has 0 radical (unpaired) electrons. The number of anilines is 1. The first kappa shape index (κ1) is 19.8. The first-order valence-corrected chi connectivity index (χ1v) is 11.7. The lowest BCUT2D eigenvalue weighted by Crippen LogP contribution is -2.32. The Morgan fingerprint density at radius 3 is 2.27 bits per heavy atom. The summed E-state index contributed by atoms with van der Waals surface area (Å²) in [5, 5.41) is 10.4. The molecule has 5 aromatic rings. The molecule has 1 aliphatic carbocycles. The van der Waals surface area contributed by atoms with Crippen molar-refractivity contribution < 1.29 is 4.79 Å². The molecule has 0 saturated carbocycles. The first-order valence-electron chi connectivity index (χ1n) is 11.7. The lowest BCUT2D eigenvalue weighted by atomic mass is 9.93. The minimum absolute atomic E-state index is 0.0962. The van der Waals surface area contributed by atoms with Crippen LogP contribution in [0.5, 0.6) is 0 Å². The number of carbonyl (C=O) groups is 1. The van der Waals surface area contributed by atoms with Crippen molar-refractivity contribution in [3.63, 3.8) is 0 Å². The molecule has 2 aliphatic rings. The number of benzene rings is 5. The lowest BCUT2D eigenvalue weighted by molar-refractivity contribution is -0.119. The molecule has 0 aromatic heterocycles. The highest BCUT2D eigenvalue weighted by atomic mass is 16.2. The fourth-order valence-electron chi connectivity index (χ4n) is 5.36. The Morgan fingerprint density at radius 1 is 0.697 bits per heavy atom. The van der Waals surface area contributed by atoms with Gasteiger partial charge in [-0.2, -0.15) is 0 Å². The van der Waals surface area contributed by atoms with Crippen LogP contribution in [0.15, 0.2) is 84.9 Å². The fourth-order valence-corrected chi connectivity index (χ4v) is 5.36. The maximum Gasteiger partial charge on any atom is 0.240 e. The van der Waals surface area contributed by atoms with Gasteiger partial charge in [-0.05, 0) is 87.0 Å². The molecule has 3 heteroatoms. The minimum atomic E-state index is 0.0962. The largest absolute Gasteiger partial charge is 0.285 e. The predicted molar refractivity (Wildman–Crippen MR) is 138 cm³/mol. The molecule has 33 heavy (non-hydrogen) atoms. The van der Waals surface area contributed by atoms with Gasteiger partial charge < -0.3 is 0 Å². The number of hydrogen-bond acceptors (Lipinski definition) is 2. The highest BCUT2D eigenvalue weighted by Gasteiger charge is 2.19. The van der Waals surface area contributed by atoms with Crippen LogP contribution in [0, 0.1) is 6.92 Å². The summed E-state index contributed by atoms with van der Waals surface area (Å²) in [6, 6.07) is 30.1.